The summed E-state index contributed by atoms with van der Waals surface area (Å²) in [6, 6.07) is -7.23. The summed E-state index contributed by atoms with van der Waals surface area (Å²) in [5.74, 6) is -8.22. The Bertz CT molecular complexity index is 3270. The second-order valence-corrected chi connectivity index (χ2v) is 27.0. The number of aliphatic hydroxyl groups is 1. The summed E-state index contributed by atoms with van der Waals surface area (Å²) < 4.78 is 0. The Kier molecular flexibility index (Phi) is 39.9. The number of H-pyrrole nitrogens is 1. The van der Waals surface area contributed by atoms with Crippen molar-refractivity contribution in [2.24, 2.45) is 21.6 Å². The first-order valence-electron chi connectivity index (χ1n) is 36.6. The number of hydrogen-bond acceptors (Lipinski definition) is 19. The number of hydrogen-bond donors (Lipinski definition) is 18. The van der Waals surface area contributed by atoms with E-state index in [1.807, 2.05) is 53.9 Å². The lowest BCUT2D eigenvalue weighted by Crippen LogP contribution is -2.61. The molecule has 10 atom stereocenters. The lowest BCUT2D eigenvalue weighted by atomic mass is 10.00. The van der Waals surface area contributed by atoms with Gasteiger partial charge in [0.05, 0.1) is 12.9 Å². The molecule has 0 unspecified atom stereocenters. The van der Waals surface area contributed by atoms with Crippen LogP contribution in [0.5, 0.6) is 5.75 Å². The predicted octanol–water partition coefficient (Wildman–Crippen LogP) is -1.27. The highest BCUT2D eigenvalue weighted by atomic mass is 16.3. The van der Waals surface area contributed by atoms with Gasteiger partial charge in [0.2, 0.25) is 76.9 Å². The van der Waals surface area contributed by atoms with Crippen LogP contribution in [0.2, 0.25) is 0 Å². The number of nitrogens with two attached hydrogens (primary N) is 1. The zero-order valence-corrected chi connectivity index (χ0v) is 61.6. The van der Waals surface area contributed by atoms with Crippen LogP contribution in [0, 0.1) is 28.8 Å². The number of unbranched alkanes of at least 4 members (excludes halogenated alkanes) is 5. The number of imidazole rings is 1. The lowest BCUT2D eigenvalue weighted by Gasteiger charge is -2.31. The van der Waals surface area contributed by atoms with Crippen molar-refractivity contribution in [3.63, 3.8) is 0 Å². The van der Waals surface area contributed by atoms with Crippen molar-refractivity contribution in [1.29, 1.82) is 10.5 Å². The number of aromatic amines is 1. The number of aliphatic hydroxyl groups excluding tert-OH is 1. The van der Waals surface area contributed by atoms with Crippen LogP contribution in [0.4, 0.5) is 0 Å². The van der Waals surface area contributed by atoms with Gasteiger partial charge in [-0.05, 0) is 133 Å². The maximum Gasteiger partial charge on any atom is 0.245 e. The molecular weight excluding hydrogens is 1360 g/mol. The first-order valence-corrected chi connectivity index (χ1v) is 36.6. The molecule has 2 fully saturated rings. The lowest BCUT2D eigenvalue weighted by molar-refractivity contribution is -0.142. The third-order valence-electron chi connectivity index (χ3n) is 17.4. The van der Waals surface area contributed by atoms with E-state index in [1.54, 1.807) is 0 Å². The van der Waals surface area contributed by atoms with Gasteiger partial charge in [-0.15, -0.1) is 0 Å². The van der Waals surface area contributed by atoms with E-state index in [0.29, 0.717) is 63.0 Å². The van der Waals surface area contributed by atoms with Crippen molar-refractivity contribution in [1.82, 2.24) is 89.3 Å². The van der Waals surface area contributed by atoms with E-state index in [9.17, 15) is 63.9 Å². The van der Waals surface area contributed by atoms with Gasteiger partial charge >= 0.3 is 0 Å². The van der Waals surface area contributed by atoms with Gasteiger partial charge in [0.25, 0.3) is 0 Å². The monoisotopic (exact) mass is 1470 g/mol. The molecule has 0 saturated carbocycles. The van der Waals surface area contributed by atoms with E-state index >= 15 is 9.59 Å². The topological polar surface area (TPSA) is 527 Å². The van der Waals surface area contributed by atoms with E-state index in [-0.39, 0.29) is 126 Å². The van der Waals surface area contributed by atoms with Gasteiger partial charge in [0, 0.05) is 69.9 Å². The highest BCUT2D eigenvalue weighted by Gasteiger charge is 2.40. The van der Waals surface area contributed by atoms with Crippen LogP contribution in [0.1, 0.15) is 175 Å². The highest BCUT2D eigenvalue weighted by molar-refractivity contribution is 5.99. The first kappa shape index (κ1) is 87.2. The van der Waals surface area contributed by atoms with Crippen molar-refractivity contribution in [3.8, 4) is 18.1 Å². The quantitative estimate of drug-likeness (QED) is 0.0121. The number of aromatic nitrogens is 2. The van der Waals surface area contributed by atoms with Crippen LogP contribution in [0.25, 0.3) is 0 Å². The van der Waals surface area contributed by atoms with Crippen LogP contribution in [-0.4, -0.2) is 214 Å². The van der Waals surface area contributed by atoms with Gasteiger partial charge in [-0.3, -0.25) is 73.4 Å². The molecule has 0 radical (unpaired) electrons. The molecule has 19 N–H and O–H groups in total. The second-order valence-electron chi connectivity index (χ2n) is 27.0. The molecule has 3 heterocycles. The van der Waals surface area contributed by atoms with Crippen LogP contribution in [-0.2, 0) is 65.6 Å². The number of carbonyl (C=O) groups excluding carboxylic acids is 11. The third-order valence-corrected chi connectivity index (χ3v) is 17.4. The number of nitrogens with zero attached hydrogens (tertiary/aromatic N) is 6. The Morgan fingerprint density at radius 2 is 1.14 bits per heavy atom. The number of benzene rings is 1. The molecule has 0 spiro atoms. The Morgan fingerprint density at radius 1 is 0.629 bits per heavy atom. The first-order chi connectivity index (χ1) is 50.3. The minimum Gasteiger partial charge on any atom is -0.508 e. The molecule has 2 aliphatic heterocycles. The van der Waals surface area contributed by atoms with E-state index in [4.69, 9.17) is 5.73 Å². The summed E-state index contributed by atoms with van der Waals surface area (Å²) in [5.41, 5.74) is 6.27. The largest absolute Gasteiger partial charge is 0.508 e. The number of carbonyl (C=O) groups is 11. The number of aliphatic imine (C=N–C) groups is 2. The number of primary amides is 1. The van der Waals surface area contributed by atoms with Crippen molar-refractivity contribution < 1.29 is 63.0 Å². The van der Waals surface area contributed by atoms with Crippen molar-refractivity contribution in [2.45, 2.75) is 243 Å². The molecule has 4 rings (SSSR count). The highest BCUT2D eigenvalue weighted by Crippen LogP contribution is 2.22. The Morgan fingerprint density at radius 3 is 1.66 bits per heavy atom. The molecule has 0 aliphatic carbocycles. The number of nitriles is 2. The van der Waals surface area contributed by atoms with Gasteiger partial charge in [0.15, 0.2) is 12.4 Å². The van der Waals surface area contributed by atoms with Crippen LogP contribution in [0.3, 0.4) is 0 Å². The molecule has 1 aromatic carbocycles. The van der Waals surface area contributed by atoms with E-state index in [1.165, 1.54) is 48.6 Å². The zero-order valence-electron chi connectivity index (χ0n) is 61.6. The molecule has 1 aromatic heterocycles. The van der Waals surface area contributed by atoms with Gasteiger partial charge in [0.1, 0.15) is 66.2 Å². The average molecular weight is 1470 g/mol. The normalized spacial score (nSPS) is 16.6. The van der Waals surface area contributed by atoms with Crippen molar-refractivity contribution in [3.05, 3.63) is 48.0 Å². The standard InChI is InChI=1S/C70H112N22O13/c1-8-10-29-76-69(80-40-71)78-32-16-12-19-49(60(97)88-53(35-43(3)4)63(100)87-52(21-14-15-31-75-44(5)6)68(105)92-34-18-22-57(92)67(104)83-45(7)59(73)96)85-64(101)54(36-46-23-25-48(94)26-24-46)89-66(103)56(39-93)91-61(98)50(20-13-17-33-79-70(81-41-72)77-30-11-9-2)86-65(102)55(37-47-38-74-42-82-47)90-62(99)51-27-28-58(95)84-51/h23-26,38,42-45,49-57,75,93-94H,8-22,27-37,39H2,1-7H3,(H2,73,96)(H,74,82)(H,83,104)(H,84,95)(H,85,101)(H,86,102)(H,87,100)(H,88,97)(H,89,103)(H,90,99)(H,91,98)(H2,76,78,80)(H2,77,79,81)/t45-,49-,50+,51+,52+,53+,54+,55+,56+,57+/m1/s1. The molecule has 35 heteroatoms. The molecule has 2 saturated heterocycles. The van der Waals surface area contributed by atoms with E-state index in [0.717, 1.165) is 25.7 Å². The number of amides is 11. The van der Waals surface area contributed by atoms with Gasteiger partial charge in [-0.2, -0.15) is 10.5 Å². The number of phenolic OH excluding ortho intramolecular Hbond substituents is 1. The summed E-state index contributed by atoms with van der Waals surface area (Å²) in [7, 11) is 0. The maximum atomic E-state index is 15.1. The number of phenols is 1. The molecule has 105 heavy (non-hydrogen) atoms. The maximum absolute atomic E-state index is 15.1. The van der Waals surface area contributed by atoms with Crippen molar-refractivity contribution >= 4 is 76.9 Å². The SMILES string of the molecule is CCCCNC(=NCCCC[C@H](NC(=O)[C@H](Cc1cnc[nH]1)NC(=O)[C@@H]1CCC(=O)N1)C(=O)N[C@@H](CO)C(=O)N[C@@H](Cc1ccc(O)cc1)C(=O)N[C@H](CCCCN=C(NC#N)NCCCC)C(=O)N[C@@H](CC(C)C)C(=O)N[C@@H](CCCCNC(C)C)C(=O)N1CCC[C@H]1C(=O)N[C@H](C)C(N)=O)NC#N. The fraction of sp³-hybridized carbons (Fsp3) is 0.657. The molecule has 2 aromatic rings. The van der Waals surface area contributed by atoms with Gasteiger partial charge in [-0.25, -0.2) is 4.98 Å². The Balaban J connectivity index is 1.71. The summed E-state index contributed by atoms with van der Waals surface area (Å²) in [4.78, 5) is 171. The Labute approximate surface area is 614 Å². The van der Waals surface area contributed by atoms with E-state index < -0.39 is 126 Å². The van der Waals surface area contributed by atoms with Gasteiger partial charge < -0.3 is 89.6 Å². The fourth-order valence-electron chi connectivity index (χ4n) is 11.5. The molecule has 0 bridgehead atoms. The molecule has 2 aliphatic rings. The average Bonchev–Trinajstić information content (AvgIpc) is 1.78. The number of likely N-dealkylation sites (tertiary alicyclic amines) is 1. The Hall–Kier alpha value is -10.2. The fourth-order valence-corrected chi connectivity index (χ4v) is 11.5. The summed E-state index contributed by atoms with van der Waals surface area (Å²) in [5, 5.41) is 78.6. The number of nitrogens with one attached hydrogen (secondary N) is 15. The minimum absolute atomic E-state index is 0.0426. The third kappa shape index (κ3) is 32.6. The molecular formula is C70H112N22O13. The molecule has 35 nitrogen and oxygen atoms in total. The second kappa shape index (κ2) is 48.0. The summed E-state index contributed by atoms with van der Waals surface area (Å²) >= 11 is 0. The summed E-state index contributed by atoms with van der Waals surface area (Å²) in [6.45, 7) is 14.2. The number of aromatic hydroxyl groups is 1. The summed E-state index contributed by atoms with van der Waals surface area (Å²) in [6.07, 6.45) is 12.6. The number of rotatable bonds is 47. The van der Waals surface area contributed by atoms with Crippen LogP contribution < -0.4 is 80.2 Å². The van der Waals surface area contributed by atoms with E-state index in [2.05, 4.69) is 94.4 Å². The predicted molar refractivity (Wildman–Crippen MR) is 389 cm³/mol. The molecule has 11 amide bonds. The smallest absolute Gasteiger partial charge is 0.245 e. The zero-order chi connectivity index (χ0) is 77.2. The minimum atomic E-state index is -1.81. The van der Waals surface area contributed by atoms with Crippen LogP contribution >= 0.6 is 0 Å². The molecule has 580 valence electrons. The van der Waals surface area contributed by atoms with Gasteiger partial charge in [-0.1, -0.05) is 66.5 Å². The number of guanidine groups is 2. The van der Waals surface area contributed by atoms with Crippen LogP contribution in [0.15, 0.2) is 46.8 Å². The van der Waals surface area contributed by atoms with Crippen molar-refractivity contribution in [2.75, 3.05) is 45.9 Å².